The van der Waals surface area contributed by atoms with Gasteiger partial charge >= 0.3 is 0 Å². The molecule has 5 aromatic rings. The summed E-state index contributed by atoms with van der Waals surface area (Å²) >= 11 is 2.70. The lowest BCUT2D eigenvalue weighted by Gasteiger charge is -2.24. The van der Waals surface area contributed by atoms with Crippen molar-refractivity contribution in [3.8, 4) is 17.2 Å². The number of hydrogen-bond donors (Lipinski definition) is 1. The minimum atomic E-state index is -1.06. The van der Waals surface area contributed by atoms with Crippen LogP contribution in [-0.4, -0.2) is 47.3 Å². The molecule has 0 spiro atoms. The number of furan rings is 1. The quantitative estimate of drug-likeness (QED) is 0.0529. The number of methoxy groups -OCH3 is 1. The Hall–Kier alpha value is -4.81. The molecule has 0 radical (unpaired) electrons. The molecule has 1 aliphatic rings. The number of aryl methyl sites for hydroxylation is 1. The molecule has 6 rings (SSSR count). The molecule has 0 fully saturated rings. The van der Waals surface area contributed by atoms with E-state index in [0.29, 0.717) is 57.1 Å². The molecule has 0 aliphatic carbocycles. The van der Waals surface area contributed by atoms with Crippen LogP contribution in [0.4, 0.5) is 5.13 Å². The van der Waals surface area contributed by atoms with Crippen LogP contribution in [0.3, 0.4) is 0 Å². The number of carbonyl (C=O) groups excluding carboxylic acids is 2. The Labute approximate surface area is 286 Å². The fourth-order valence-electron chi connectivity index (χ4n) is 5.39. The molecule has 12 heteroatoms. The number of hydrogen-bond acceptors (Lipinski definition) is 11. The summed E-state index contributed by atoms with van der Waals surface area (Å²) in [7, 11) is 1.51. The lowest BCUT2D eigenvalue weighted by molar-refractivity contribution is -0.117. The van der Waals surface area contributed by atoms with E-state index in [4.69, 9.17) is 18.6 Å². The lowest BCUT2D eigenvalue weighted by atomic mass is 9.95. The Morgan fingerprint density at radius 2 is 1.83 bits per heavy atom. The summed E-state index contributed by atoms with van der Waals surface area (Å²) in [5.74, 6) is -0.0510. The van der Waals surface area contributed by atoms with Crippen LogP contribution < -0.4 is 19.1 Å². The van der Waals surface area contributed by atoms with Crippen LogP contribution in [0.1, 0.15) is 60.0 Å². The van der Waals surface area contributed by atoms with Gasteiger partial charge in [-0.3, -0.25) is 14.5 Å². The van der Waals surface area contributed by atoms with Crippen LogP contribution in [0, 0.1) is 6.92 Å². The molecule has 3 aromatic carbocycles. The number of benzene rings is 3. The molecule has 1 unspecified atom stereocenters. The highest BCUT2D eigenvalue weighted by Crippen LogP contribution is 2.46. The molecule has 1 atom stereocenters. The van der Waals surface area contributed by atoms with E-state index < -0.39 is 23.5 Å². The SMILES string of the molecule is CCCCOc1ccc(C2C(C(=O)c3cc4cccc(OC)c4o3)=C(O)C(=O)N2c2nnc(SCc3ccc(C)cc3)s2)cc1OCC. The topological polar surface area (TPSA) is 124 Å². The summed E-state index contributed by atoms with van der Waals surface area (Å²) in [6.07, 6.45) is 1.84. The predicted octanol–water partition coefficient (Wildman–Crippen LogP) is 8.25. The maximum absolute atomic E-state index is 14.2. The van der Waals surface area contributed by atoms with Gasteiger partial charge < -0.3 is 23.7 Å². The molecule has 3 heterocycles. The molecular weight excluding hydrogens is 651 g/mol. The van der Waals surface area contributed by atoms with Gasteiger partial charge in [0, 0.05) is 11.1 Å². The van der Waals surface area contributed by atoms with E-state index >= 15 is 0 Å². The van der Waals surface area contributed by atoms with Gasteiger partial charge in [0.05, 0.1) is 31.9 Å². The highest BCUT2D eigenvalue weighted by Gasteiger charge is 2.47. The maximum Gasteiger partial charge on any atom is 0.296 e. The third-order valence-electron chi connectivity index (χ3n) is 7.83. The van der Waals surface area contributed by atoms with Crippen molar-refractivity contribution in [2.24, 2.45) is 0 Å². The van der Waals surface area contributed by atoms with Crippen LogP contribution in [0.15, 0.2) is 86.8 Å². The first-order chi connectivity index (χ1) is 23.3. The van der Waals surface area contributed by atoms with E-state index in [1.54, 1.807) is 42.5 Å². The van der Waals surface area contributed by atoms with E-state index in [0.717, 1.165) is 18.4 Å². The van der Waals surface area contributed by atoms with Gasteiger partial charge in [-0.1, -0.05) is 84.5 Å². The summed E-state index contributed by atoms with van der Waals surface area (Å²) in [6.45, 7) is 6.86. The van der Waals surface area contributed by atoms with Crippen molar-refractivity contribution < 1.29 is 33.3 Å². The first-order valence-electron chi connectivity index (χ1n) is 15.6. The molecule has 10 nitrogen and oxygen atoms in total. The molecule has 0 bridgehead atoms. The van der Waals surface area contributed by atoms with E-state index in [9.17, 15) is 14.7 Å². The number of aliphatic hydroxyl groups is 1. The largest absolute Gasteiger partial charge is 0.503 e. The number of anilines is 1. The third-order valence-corrected chi connectivity index (χ3v) is 9.96. The van der Waals surface area contributed by atoms with Crippen molar-refractivity contribution in [3.05, 3.63) is 101 Å². The summed E-state index contributed by atoms with van der Waals surface area (Å²) in [5.41, 5.74) is 3.04. The third kappa shape index (κ3) is 6.63. The minimum absolute atomic E-state index is 0.0492. The van der Waals surface area contributed by atoms with Crippen molar-refractivity contribution in [1.82, 2.24) is 10.2 Å². The van der Waals surface area contributed by atoms with Gasteiger partial charge in [-0.2, -0.15) is 0 Å². The summed E-state index contributed by atoms with van der Waals surface area (Å²) < 4.78 is 24.0. The van der Waals surface area contributed by atoms with Crippen molar-refractivity contribution >= 4 is 50.9 Å². The van der Waals surface area contributed by atoms with Gasteiger partial charge in [0.15, 0.2) is 38.7 Å². The lowest BCUT2D eigenvalue weighted by Crippen LogP contribution is -2.31. The highest BCUT2D eigenvalue weighted by molar-refractivity contribution is 8.00. The number of aliphatic hydroxyl groups excluding tert-OH is 1. The van der Waals surface area contributed by atoms with E-state index in [2.05, 4.69) is 41.4 Å². The highest BCUT2D eigenvalue weighted by atomic mass is 32.2. The molecule has 248 valence electrons. The average molecular weight is 686 g/mol. The van der Waals surface area contributed by atoms with Gasteiger partial charge in [-0.25, -0.2) is 0 Å². The molecule has 1 amide bonds. The van der Waals surface area contributed by atoms with Crippen molar-refractivity contribution in [1.29, 1.82) is 0 Å². The molecule has 0 saturated carbocycles. The monoisotopic (exact) mass is 685 g/mol. The van der Waals surface area contributed by atoms with Crippen LogP contribution in [-0.2, 0) is 10.5 Å². The zero-order valence-corrected chi connectivity index (χ0v) is 28.7. The van der Waals surface area contributed by atoms with Crippen LogP contribution >= 0.6 is 23.1 Å². The number of para-hydroxylation sites is 1. The van der Waals surface area contributed by atoms with E-state index in [1.807, 2.05) is 13.8 Å². The van der Waals surface area contributed by atoms with Gasteiger partial charge in [0.1, 0.15) is 0 Å². The number of amides is 1. The molecule has 48 heavy (non-hydrogen) atoms. The molecule has 0 saturated heterocycles. The molecular formula is C36H35N3O7S2. The smallest absolute Gasteiger partial charge is 0.296 e. The normalized spacial score (nSPS) is 14.6. The second-order valence-corrected chi connectivity index (χ2v) is 13.3. The fourth-order valence-corrected chi connectivity index (χ4v) is 7.21. The summed E-state index contributed by atoms with van der Waals surface area (Å²) in [6, 6.07) is 19.3. The number of carbonyl (C=O) groups is 2. The Morgan fingerprint density at radius 1 is 1.02 bits per heavy atom. The Morgan fingerprint density at radius 3 is 2.58 bits per heavy atom. The van der Waals surface area contributed by atoms with E-state index in [1.165, 1.54) is 40.7 Å². The second kappa shape index (κ2) is 14.5. The number of ether oxygens (including phenoxy) is 3. The standard InChI is InChI=1S/C36H35N3O7S2/c1-5-7-17-45-25-16-15-23(18-27(25)44-6-2)30-29(31(40)28-19-24-9-8-10-26(43-4)33(24)46-28)32(41)34(42)39(30)35-37-38-36(48-35)47-20-22-13-11-21(3)12-14-22/h8-16,18-19,30,41H,5-7,17,20H2,1-4H3. The van der Waals surface area contributed by atoms with Crippen LogP contribution in [0.2, 0.25) is 0 Å². The average Bonchev–Trinajstić information content (AvgIpc) is 3.81. The molecule has 1 N–H and O–H groups in total. The van der Waals surface area contributed by atoms with Crippen molar-refractivity contribution in [2.75, 3.05) is 25.2 Å². The molecule has 1 aliphatic heterocycles. The maximum atomic E-state index is 14.2. The number of Topliss-reactive ketones (excluding diaryl/α,β-unsaturated/α-hetero) is 1. The van der Waals surface area contributed by atoms with Gasteiger partial charge in [0.25, 0.3) is 5.91 Å². The van der Waals surface area contributed by atoms with Gasteiger partial charge in [-0.15, -0.1) is 10.2 Å². The second-order valence-electron chi connectivity index (χ2n) is 11.1. The zero-order valence-electron chi connectivity index (χ0n) is 27.0. The Balaban J connectivity index is 1.40. The number of nitrogens with zero attached hydrogens (tertiary/aromatic N) is 3. The number of fused-ring (bicyclic) bond motifs is 1. The van der Waals surface area contributed by atoms with Crippen molar-refractivity contribution in [3.63, 3.8) is 0 Å². The minimum Gasteiger partial charge on any atom is -0.503 e. The Bertz CT molecular complexity index is 1980. The first kappa shape index (κ1) is 33.1. The molecule has 2 aromatic heterocycles. The number of ketones is 1. The number of aromatic nitrogens is 2. The van der Waals surface area contributed by atoms with Crippen molar-refractivity contribution in [2.45, 2.75) is 49.7 Å². The van der Waals surface area contributed by atoms with E-state index in [-0.39, 0.29) is 16.5 Å². The summed E-state index contributed by atoms with van der Waals surface area (Å²) in [4.78, 5) is 29.4. The number of unbranched alkanes of at least 4 members (excludes halogenated alkanes) is 1. The fraction of sp³-hybridized carbons (Fsp3) is 0.278. The van der Waals surface area contributed by atoms with Crippen LogP contribution in [0.25, 0.3) is 11.0 Å². The predicted molar refractivity (Wildman–Crippen MR) is 186 cm³/mol. The zero-order chi connectivity index (χ0) is 33.8. The summed E-state index contributed by atoms with van der Waals surface area (Å²) in [5, 5.41) is 20.9. The number of rotatable bonds is 14. The van der Waals surface area contributed by atoms with Gasteiger partial charge in [0.2, 0.25) is 10.9 Å². The van der Waals surface area contributed by atoms with Gasteiger partial charge in [-0.05, 0) is 55.7 Å². The Kier molecular flexibility index (Phi) is 10.0. The number of thioether (sulfide) groups is 1. The van der Waals surface area contributed by atoms with Crippen LogP contribution in [0.5, 0.6) is 17.2 Å². The first-order valence-corrected chi connectivity index (χ1v) is 17.4.